The Hall–Kier alpha value is -2.73. The van der Waals surface area contributed by atoms with Crippen molar-refractivity contribution in [3.8, 4) is 11.4 Å². The quantitative estimate of drug-likeness (QED) is 0.584. The summed E-state index contributed by atoms with van der Waals surface area (Å²) >= 11 is 5.22. The SMILES string of the molecule is Cc1ccc(-c2n[nH]c(=S)n2N=C/C=C\c2ccco2)cc1. The van der Waals surface area contributed by atoms with E-state index >= 15 is 0 Å². The lowest BCUT2D eigenvalue weighted by atomic mass is 10.1. The summed E-state index contributed by atoms with van der Waals surface area (Å²) in [6, 6.07) is 11.7. The van der Waals surface area contributed by atoms with Gasteiger partial charge in [0.25, 0.3) is 0 Å². The molecule has 0 bridgehead atoms. The molecule has 0 saturated heterocycles. The van der Waals surface area contributed by atoms with Crippen LogP contribution in [0.1, 0.15) is 11.3 Å². The fourth-order valence-electron chi connectivity index (χ4n) is 1.92. The number of allylic oxidation sites excluding steroid dienone is 1. The van der Waals surface area contributed by atoms with E-state index in [-0.39, 0.29) is 0 Å². The standard InChI is InChI=1S/C16H14N4OS/c1-12-6-8-13(9-7-12)15-18-19-16(22)20(15)17-10-2-4-14-5-3-11-21-14/h2-11H,1H3,(H,19,22)/b4-2-,17-10?. The largest absolute Gasteiger partial charge is 0.465 e. The molecule has 0 aliphatic carbocycles. The van der Waals surface area contributed by atoms with E-state index in [4.69, 9.17) is 16.6 Å². The molecule has 2 aromatic heterocycles. The number of aromatic nitrogens is 3. The van der Waals surface area contributed by atoms with Crippen molar-refractivity contribution in [2.45, 2.75) is 6.92 Å². The Labute approximate surface area is 132 Å². The molecule has 2 heterocycles. The van der Waals surface area contributed by atoms with Gasteiger partial charge in [0.15, 0.2) is 5.82 Å². The molecule has 110 valence electrons. The van der Waals surface area contributed by atoms with Gasteiger partial charge in [-0.25, -0.2) is 5.10 Å². The first-order valence-electron chi connectivity index (χ1n) is 6.73. The van der Waals surface area contributed by atoms with Crippen molar-refractivity contribution in [3.63, 3.8) is 0 Å². The maximum absolute atomic E-state index is 5.22. The third-order valence-corrected chi connectivity index (χ3v) is 3.30. The summed E-state index contributed by atoms with van der Waals surface area (Å²) in [5, 5.41) is 11.3. The average molecular weight is 310 g/mol. The molecular formula is C16H14N4OS. The fourth-order valence-corrected chi connectivity index (χ4v) is 2.10. The first-order valence-corrected chi connectivity index (χ1v) is 7.14. The van der Waals surface area contributed by atoms with Crippen LogP contribution in [0, 0.1) is 11.7 Å². The topological polar surface area (TPSA) is 59.1 Å². The molecule has 0 aliphatic heterocycles. The lowest BCUT2D eigenvalue weighted by Crippen LogP contribution is -1.93. The van der Waals surface area contributed by atoms with Crippen LogP contribution in [0.5, 0.6) is 0 Å². The molecule has 0 atom stereocenters. The fraction of sp³-hybridized carbons (Fsp3) is 0.0625. The average Bonchev–Trinajstić information content (AvgIpc) is 3.15. The highest BCUT2D eigenvalue weighted by atomic mass is 32.1. The van der Waals surface area contributed by atoms with E-state index < -0.39 is 0 Å². The zero-order chi connectivity index (χ0) is 15.4. The second-order valence-electron chi connectivity index (χ2n) is 4.67. The lowest BCUT2D eigenvalue weighted by Gasteiger charge is -2.00. The molecule has 1 N–H and O–H groups in total. The summed E-state index contributed by atoms with van der Waals surface area (Å²) in [6.07, 6.45) is 6.87. The van der Waals surface area contributed by atoms with Gasteiger partial charge >= 0.3 is 0 Å². The Morgan fingerprint density at radius 2 is 2.09 bits per heavy atom. The Kier molecular flexibility index (Phi) is 4.11. The van der Waals surface area contributed by atoms with Crippen LogP contribution >= 0.6 is 12.2 Å². The molecule has 0 aliphatic rings. The second kappa shape index (κ2) is 6.36. The number of hydrogen-bond donors (Lipinski definition) is 1. The molecule has 0 unspecified atom stereocenters. The van der Waals surface area contributed by atoms with Gasteiger partial charge in [-0.2, -0.15) is 14.9 Å². The minimum atomic E-state index is 0.443. The number of hydrogen-bond acceptors (Lipinski definition) is 4. The highest BCUT2D eigenvalue weighted by Crippen LogP contribution is 2.17. The molecule has 0 amide bonds. The summed E-state index contributed by atoms with van der Waals surface area (Å²) in [6.45, 7) is 2.04. The van der Waals surface area contributed by atoms with E-state index in [1.165, 1.54) is 5.56 Å². The Morgan fingerprint density at radius 3 is 2.82 bits per heavy atom. The van der Waals surface area contributed by atoms with E-state index in [1.807, 2.05) is 49.4 Å². The van der Waals surface area contributed by atoms with Gasteiger partial charge in [0.2, 0.25) is 4.77 Å². The van der Waals surface area contributed by atoms with Gasteiger partial charge in [-0.1, -0.05) is 29.8 Å². The van der Waals surface area contributed by atoms with Crippen LogP contribution in [-0.4, -0.2) is 21.1 Å². The Morgan fingerprint density at radius 1 is 1.27 bits per heavy atom. The van der Waals surface area contributed by atoms with Gasteiger partial charge in [0.1, 0.15) is 5.76 Å². The third kappa shape index (κ3) is 3.12. The predicted molar refractivity (Wildman–Crippen MR) is 89.2 cm³/mol. The number of H-pyrrole nitrogens is 1. The third-order valence-electron chi connectivity index (χ3n) is 3.03. The highest BCUT2D eigenvalue weighted by Gasteiger charge is 2.07. The predicted octanol–water partition coefficient (Wildman–Crippen LogP) is 4.06. The van der Waals surface area contributed by atoms with Crippen molar-refractivity contribution in [1.82, 2.24) is 14.9 Å². The second-order valence-corrected chi connectivity index (χ2v) is 5.06. The van der Waals surface area contributed by atoms with Crippen LogP contribution in [0.3, 0.4) is 0 Å². The number of nitrogens with one attached hydrogen (secondary N) is 1. The van der Waals surface area contributed by atoms with Crippen molar-refractivity contribution >= 4 is 24.5 Å². The van der Waals surface area contributed by atoms with Crippen LogP contribution in [-0.2, 0) is 0 Å². The summed E-state index contributed by atoms with van der Waals surface area (Å²) in [5.41, 5.74) is 2.14. The van der Waals surface area contributed by atoms with Gasteiger partial charge < -0.3 is 4.42 Å². The number of aryl methyl sites for hydroxylation is 1. The van der Waals surface area contributed by atoms with Crippen LogP contribution in [0.25, 0.3) is 17.5 Å². The summed E-state index contributed by atoms with van der Waals surface area (Å²) in [4.78, 5) is 0. The van der Waals surface area contributed by atoms with Gasteiger partial charge in [0, 0.05) is 11.8 Å². The van der Waals surface area contributed by atoms with E-state index in [0.29, 0.717) is 10.6 Å². The molecule has 0 fully saturated rings. The molecule has 0 spiro atoms. The van der Waals surface area contributed by atoms with Crippen molar-refractivity contribution in [3.05, 3.63) is 64.8 Å². The first-order chi connectivity index (χ1) is 10.7. The van der Waals surface area contributed by atoms with Crippen molar-refractivity contribution in [2.75, 3.05) is 0 Å². The number of furan rings is 1. The van der Waals surface area contributed by atoms with Gasteiger partial charge in [-0.05, 0) is 43.4 Å². The number of nitrogens with zero attached hydrogens (tertiary/aromatic N) is 3. The molecule has 3 rings (SSSR count). The zero-order valence-electron chi connectivity index (χ0n) is 11.9. The van der Waals surface area contributed by atoms with Crippen molar-refractivity contribution in [2.24, 2.45) is 5.10 Å². The monoisotopic (exact) mass is 310 g/mol. The molecule has 3 aromatic rings. The van der Waals surface area contributed by atoms with Crippen LogP contribution < -0.4 is 0 Å². The van der Waals surface area contributed by atoms with Crippen molar-refractivity contribution < 1.29 is 4.42 Å². The van der Waals surface area contributed by atoms with Gasteiger partial charge in [-0.3, -0.25) is 0 Å². The molecule has 6 heteroatoms. The van der Waals surface area contributed by atoms with E-state index in [1.54, 1.807) is 23.2 Å². The van der Waals surface area contributed by atoms with Crippen molar-refractivity contribution in [1.29, 1.82) is 0 Å². The van der Waals surface area contributed by atoms with Crippen LogP contribution in [0.4, 0.5) is 0 Å². The van der Waals surface area contributed by atoms with Gasteiger partial charge in [-0.15, -0.1) is 0 Å². The first kappa shape index (κ1) is 14.2. The van der Waals surface area contributed by atoms with E-state index in [9.17, 15) is 0 Å². The van der Waals surface area contributed by atoms with E-state index in [2.05, 4.69) is 15.3 Å². The number of aromatic amines is 1. The minimum absolute atomic E-state index is 0.443. The Balaban J connectivity index is 1.86. The molecule has 0 radical (unpaired) electrons. The maximum Gasteiger partial charge on any atom is 0.216 e. The molecular weight excluding hydrogens is 296 g/mol. The highest BCUT2D eigenvalue weighted by molar-refractivity contribution is 7.71. The number of rotatable bonds is 4. The van der Waals surface area contributed by atoms with Crippen LogP contribution in [0.15, 0.2) is 58.3 Å². The zero-order valence-corrected chi connectivity index (χ0v) is 12.7. The maximum atomic E-state index is 5.22. The summed E-state index contributed by atoms with van der Waals surface area (Å²) in [5.74, 6) is 1.44. The van der Waals surface area contributed by atoms with Crippen LogP contribution in [0.2, 0.25) is 0 Å². The minimum Gasteiger partial charge on any atom is -0.465 e. The summed E-state index contributed by atoms with van der Waals surface area (Å²) in [7, 11) is 0. The lowest BCUT2D eigenvalue weighted by molar-refractivity contribution is 0.557. The molecule has 5 nitrogen and oxygen atoms in total. The Bertz CT molecular complexity index is 854. The molecule has 22 heavy (non-hydrogen) atoms. The van der Waals surface area contributed by atoms with E-state index in [0.717, 1.165) is 11.3 Å². The molecule has 1 aromatic carbocycles. The molecule has 0 saturated carbocycles. The normalized spacial score (nSPS) is 11.7. The number of benzene rings is 1. The smallest absolute Gasteiger partial charge is 0.216 e. The summed E-state index contributed by atoms with van der Waals surface area (Å²) < 4.78 is 7.24. The van der Waals surface area contributed by atoms with Gasteiger partial charge in [0.05, 0.1) is 6.26 Å².